The first-order chi connectivity index (χ1) is 5.75. The van der Waals surface area contributed by atoms with Gasteiger partial charge in [0.05, 0.1) is 0 Å². The maximum Gasteiger partial charge on any atom is 0.328 e. The lowest BCUT2D eigenvalue weighted by Gasteiger charge is -2.19. The summed E-state index contributed by atoms with van der Waals surface area (Å²) in [6.45, 7) is 2.08. The highest BCUT2D eigenvalue weighted by Crippen LogP contribution is 2.18. The van der Waals surface area contributed by atoms with Crippen LogP contribution in [0.25, 0.3) is 0 Å². The molecule has 0 aromatic carbocycles. The standard InChI is InChI=1S/C9H12O3/c1-2-3-4-5-6-7-8(10)12-9(7)11/h4-5,7H,2-3,6H2,1H3/b5-4-. The zero-order chi connectivity index (χ0) is 8.97. The van der Waals surface area contributed by atoms with Crippen molar-refractivity contribution in [2.45, 2.75) is 26.2 Å². The van der Waals surface area contributed by atoms with Gasteiger partial charge in [-0.05, 0) is 12.8 Å². The van der Waals surface area contributed by atoms with Crippen molar-refractivity contribution in [3.63, 3.8) is 0 Å². The van der Waals surface area contributed by atoms with E-state index in [9.17, 15) is 9.59 Å². The Morgan fingerprint density at radius 2 is 2.00 bits per heavy atom. The summed E-state index contributed by atoms with van der Waals surface area (Å²) in [5.41, 5.74) is 0. The van der Waals surface area contributed by atoms with Gasteiger partial charge in [0.2, 0.25) is 0 Å². The molecular weight excluding hydrogens is 156 g/mol. The molecule has 0 radical (unpaired) electrons. The number of esters is 2. The average molecular weight is 168 g/mol. The van der Waals surface area contributed by atoms with Crippen LogP contribution in [0.5, 0.6) is 0 Å². The van der Waals surface area contributed by atoms with Crippen molar-refractivity contribution in [1.82, 2.24) is 0 Å². The van der Waals surface area contributed by atoms with E-state index in [2.05, 4.69) is 11.7 Å². The van der Waals surface area contributed by atoms with Crippen LogP contribution in [0.3, 0.4) is 0 Å². The predicted molar refractivity (Wildman–Crippen MR) is 43.3 cm³/mol. The van der Waals surface area contributed by atoms with E-state index in [0.717, 1.165) is 12.8 Å². The SMILES string of the molecule is CCC/C=C\CC1C(=O)OC1=O. The van der Waals surface area contributed by atoms with E-state index >= 15 is 0 Å². The molecule has 3 nitrogen and oxygen atoms in total. The van der Waals surface area contributed by atoms with Gasteiger partial charge in [-0.15, -0.1) is 0 Å². The third kappa shape index (κ3) is 1.94. The molecule has 1 aliphatic rings. The number of allylic oxidation sites excluding steroid dienone is 2. The molecule has 0 atom stereocenters. The van der Waals surface area contributed by atoms with Gasteiger partial charge in [0.15, 0.2) is 5.92 Å². The topological polar surface area (TPSA) is 43.4 Å². The van der Waals surface area contributed by atoms with Crippen LogP contribution in [0.2, 0.25) is 0 Å². The van der Waals surface area contributed by atoms with Crippen molar-refractivity contribution in [1.29, 1.82) is 0 Å². The number of carbonyl (C=O) groups is 2. The Morgan fingerprint density at radius 3 is 2.50 bits per heavy atom. The molecule has 0 amide bonds. The third-order valence-electron chi connectivity index (χ3n) is 1.76. The number of cyclic esters (lactones) is 2. The van der Waals surface area contributed by atoms with Gasteiger partial charge in [-0.2, -0.15) is 0 Å². The Balaban J connectivity index is 2.23. The number of unbranched alkanes of at least 4 members (excludes halogenated alkanes) is 1. The van der Waals surface area contributed by atoms with Gasteiger partial charge in [0, 0.05) is 0 Å². The highest BCUT2D eigenvalue weighted by Gasteiger charge is 2.40. The number of ether oxygens (including phenoxy) is 1. The summed E-state index contributed by atoms with van der Waals surface area (Å²) in [6, 6.07) is 0. The Morgan fingerprint density at radius 1 is 1.33 bits per heavy atom. The van der Waals surface area contributed by atoms with Gasteiger partial charge in [0.25, 0.3) is 0 Å². The summed E-state index contributed by atoms with van der Waals surface area (Å²) >= 11 is 0. The zero-order valence-corrected chi connectivity index (χ0v) is 7.08. The fourth-order valence-electron chi connectivity index (χ4n) is 0.989. The molecule has 66 valence electrons. The number of rotatable bonds is 4. The third-order valence-corrected chi connectivity index (χ3v) is 1.76. The summed E-state index contributed by atoms with van der Waals surface area (Å²) in [5, 5.41) is 0. The second kappa shape index (κ2) is 4.04. The second-order valence-corrected chi connectivity index (χ2v) is 2.79. The molecule has 0 aliphatic carbocycles. The molecule has 1 fully saturated rings. The fraction of sp³-hybridized carbons (Fsp3) is 0.556. The largest absolute Gasteiger partial charge is 0.392 e. The van der Waals surface area contributed by atoms with Gasteiger partial charge < -0.3 is 4.74 Å². The lowest BCUT2D eigenvalue weighted by molar-refractivity contribution is -0.183. The highest BCUT2D eigenvalue weighted by molar-refractivity contribution is 6.09. The first-order valence-electron chi connectivity index (χ1n) is 4.16. The molecule has 0 saturated carbocycles. The molecule has 0 N–H and O–H groups in total. The minimum absolute atomic E-state index is 0.388. The van der Waals surface area contributed by atoms with Crippen LogP contribution in [0.15, 0.2) is 12.2 Å². The van der Waals surface area contributed by atoms with Crippen molar-refractivity contribution in [2.75, 3.05) is 0 Å². The van der Waals surface area contributed by atoms with Crippen molar-refractivity contribution >= 4 is 11.9 Å². The minimum atomic E-state index is -0.516. The zero-order valence-electron chi connectivity index (χ0n) is 7.08. The maximum atomic E-state index is 10.6. The Hall–Kier alpha value is -1.12. The number of hydrogen-bond donors (Lipinski definition) is 0. The van der Waals surface area contributed by atoms with Crippen LogP contribution >= 0.6 is 0 Å². The van der Waals surface area contributed by atoms with Crippen LogP contribution in [0, 0.1) is 5.92 Å². The van der Waals surface area contributed by atoms with Crippen molar-refractivity contribution in [3.05, 3.63) is 12.2 Å². The summed E-state index contributed by atoms with van der Waals surface area (Å²) in [4.78, 5) is 21.3. The van der Waals surface area contributed by atoms with Crippen LogP contribution in [-0.2, 0) is 14.3 Å². The van der Waals surface area contributed by atoms with Crippen molar-refractivity contribution in [2.24, 2.45) is 5.92 Å². The molecule has 1 saturated heterocycles. The minimum Gasteiger partial charge on any atom is -0.392 e. The molecule has 12 heavy (non-hydrogen) atoms. The molecule has 1 aliphatic heterocycles. The van der Waals surface area contributed by atoms with E-state index < -0.39 is 5.92 Å². The monoisotopic (exact) mass is 168 g/mol. The maximum absolute atomic E-state index is 10.6. The molecular formula is C9H12O3. The smallest absolute Gasteiger partial charge is 0.328 e. The van der Waals surface area contributed by atoms with Gasteiger partial charge >= 0.3 is 11.9 Å². The summed E-state index contributed by atoms with van der Waals surface area (Å²) in [7, 11) is 0. The Kier molecular flexibility index (Phi) is 3.02. The molecule has 1 heterocycles. The predicted octanol–water partition coefficient (Wildman–Crippen LogP) is 1.43. The first-order valence-corrected chi connectivity index (χ1v) is 4.16. The normalized spacial score (nSPS) is 18.1. The van der Waals surface area contributed by atoms with Gasteiger partial charge in [-0.25, -0.2) is 0 Å². The average Bonchev–Trinajstić information content (AvgIpc) is 2.04. The lowest BCUT2D eigenvalue weighted by atomic mass is 10.0. The van der Waals surface area contributed by atoms with Crippen molar-refractivity contribution in [3.8, 4) is 0 Å². The van der Waals surface area contributed by atoms with Crippen LogP contribution in [0.1, 0.15) is 26.2 Å². The Bertz CT molecular complexity index is 204. The first kappa shape index (κ1) is 8.97. The van der Waals surface area contributed by atoms with E-state index in [-0.39, 0.29) is 11.9 Å². The lowest BCUT2D eigenvalue weighted by Crippen LogP contribution is -2.40. The molecule has 0 bridgehead atoms. The molecule has 3 heteroatoms. The summed E-state index contributed by atoms with van der Waals surface area (Å²) < 4.78 is 4.20. The van der Waals surface area contributed by atoms with Gasteiger partial charge in [-0.3, -0.25) is 9.59 Å². The summed E-state index contributed by atoms with van der Waals surface area (Å²) in [5.74, 6) is -1.29. The van der Waals surface area contributed by atoms with E-state index in [0.29, 0.717) is 6.42 Å². The fourth-order valence-corrected chi connectivity index (χ4v) is 0.989. The molecule has 0 spiro atoms. The van der Waals surface area contributed by atoms with Crippen molar-refractivity contribution < 1.29 is 14.3 Å². The second-order valence-electron chi connectivity index (χ2n) is 2.79. The van der Waals surface area contributed by atoms with Gasteiger partial charge in [-0.1, -0.05) is 25.5 Å². The summed E-state index contributed by atoms with van der Waals surface area (Å²) in [6.07, 6.45) is 6.43. The van der Waals surface area contributed by atoms with Crippen LogP contribution in [-0.4, -0.2) is 11.9 Å². The number of carbonyl (C=O) groups excluding carboxylic acids is 2. The quantitative estimate of drug-likeness (QED) is 0.362. The van der Waals surface area contributed by atoms with Crippen LogP contribution < -0.4 is 0 Å². The van der Waals surface area contributed by atoms with E-state index in [1.807, 2.05) is 12.2 Å². The molecule has 0 unspecified atom stereocenters. The number of hydrogen-bond acceptors (Lipinski definition) is 3. The molecule has 0 aromatic heterocycles. The van der Waals surface area contributed by atoms with E-state index in [1.165, 1.54) is 0 Å². The van der Waals surface area contributed by atoms with E-state index in [1.54, 1.807) is 0 Å². The van der Waals surface area contributed by atoms with Crippen LogP contribution in [0.4, 0.5) is 0 Å². The molecule has 0 aromatic rings. The van der Waals surface area contributed by atoms with Gasteiger partial charge in [0.1, 0.15) is 0 Å². The Labute approximate surface area is 71.4 Å². The highest BCUT2D eigenvalue weighted by atomic mass is 16.6. The molecule has 1 rings (SSSR count). The van der Waals surface area contributed by atoms with E-state index in [4.69, 9.17) is 0 Å².